The molecular weight excluding hydrogens is 198 g/mol. The molecule has 0 aliphatic carbocycles. The van der Waals surface area contributed by atoms with E-state index in [4.69, 9.17) is 5.11 Å². The molecule has 1 saturated heterocycles. The van der Waals surface area contributed by atoms with E-state index >= 15 is 0 Å². The maximum Gasteiger partial charge on any atom is 0.0471 e. The van der Waals surface area contributed by atoms with E-state index < -0.39 is 0 Å². The van der Waals surface area contributed by atoms with Gasteiger partial charge < -0.3 is 5.11 Å². The monoisotopic (exact) mass is 217 g/mol. The Kier molecular flexibility index (Phi) is 3.75. The van der Waals surface area contributed by atoms with Gasteiger partial charge in [-0.2, -0.15) is 0 Å². The van der Waals surface area contributed by atoms with E-state index in [9.17, 15) is 0 Å². The van der Waals surface area contributed by atoms with E-state index in [1.165, 1.54) is 11.1 Å². The van der Waals surface area contributed by atoms with Gasteiger partial charge in [-0.3, -0.25) is 4.90 Å². The number of aliphatic hydroxyl groups is 1. The molecule has 0 saturated carbocycles. The molecule has 1 aliphatic rings. The summed E-state index contributed by atoms with van der Waals surface area (Å²) in [7, 11) is 0. The zero-order chi connectivity index (χ0) is 11.4. The predicted octanol–water partition coefficient (Wildman–Crippen LogP) is 2.14. The number of rotatable bonds is 4. The Bertz CT molecular complexity index is 344. The summed E-state index contributed by atoms with van der Waals surface area (Å²) in [4.78, 5) is 2.41. The lowest BCUT2D eigenvalue weighted by Gasteiger charge is -2.15. The zero-order valence-electron chi connectivity index (χ0n) is 9.60. The summed E-state index contributed by atoms with van der Waals surface area (Å²) in [6, 6.07) is 8.51. The minimum Gasteiger partial charge on any atom is -0.396 e. The Morgan fingerprint density at radius 1 is 1.38 bits per heavy atom. The fraction of sp³-hybridized carbons (Fsp3) is 0.429. The van der Waals surface area contributed by atoms with Crippen LogP contribution in [-0.2, 0) is 6.54 Å². The summed E-state index contributed by atoms with van der Waals surface area (Å²) >= 11 is 0. The van der Waals surface area contributed by atoms with Crippen LogP contribution in [0.3, 0.4) is 0 Å². The molecule has 1 aliphatic heterocycles. The maximum absolute atomic E-state index is 9.08. The number of benzene rings is 1. The van der Waals surface area contributed by atoms with Gasteiger partial charge in [-0.1, -0.05) is 36.9 Å². The first-order valence-electron chi connectivity index (χ1n) is 5.86. The zero-order valence-corrected chi connectivity index (χ0v) is 9.60. The van der Waals surface area contributed by atoms with Gasteiger partial charge in [0.05, 0.1) is 0 Å². The summed E-state index contributed by atoms with van der Waals surface area (Å²) < 4.78 is 0. The molecule has 1 N–H and O–H groups in total. The minimum absolute atomic E-state index is 0.325. The van der Waals surface area contributed by atoms with Gasteiger partial charge in [0.15, 0.2) is 0 Å². The third-order valence-corrected chi connectivity index (χ3v) is 3.25. The Balaban J connectivity index is 1.91. The Labute approximate surface area is 97.2 Å². The molecule has 2 heteroatoms. The van der Waals surface area contributed by atoms with Gasteiger partial charge in [0.2, 0.25) is 0 Å². The normalized spacial score (nSPS) is 21.2. The van der Waals surface area contributed by atoms with Crippen molar-refractivity contribution in [3.8, 4) is 0 Å². The molecule has 1 fully saturated rings. The second-order valence-corrected chi connectivity index (χ2v) is 4.52. The van der Waals surface area contributed by atoms with Crippen molar-refractivity contribution in [2.45, 2.75) is 13.0 Å². The van der Waals surface area contributed by atoms with E-state index in [0.717, 1.165) is 26.1 Å². The SMILES string of the molecule is C=Cc1ccc(CN2CC[C@H](CO)C2)cc1. The van der Waals surface area contributed by atoms with Gasteiger partial charge in [-0.05, 0) is 30.0 Å². The molecular formula is C14H19NO. The van der Waals surface area contributed by atoms with Crippen LogP contribution in [0.1, 0.15) is 17.5 Å². The van der Waals surface area contributed by atoms with Crippen molar-refractivity contribution >= 4 is 6.08 Å². The van der Waals surface area contributed by atoms with E-state index in [1.807, 2.05) is 6.08 Å². The van der Waals surface area contributed by atoms with Crippen LogP contribution in [0, 0.1) is 5.92 Å². The van der Waals surface area contributed by atoms with Crippen LogP contribution < -0.4 is 0 Å². The summed E-state index contributed by atoms with van der Waals surface area (Å²) in [6.07, 6.45) is 2.99. The van der Waals surface area contributed by atoms with Crippen LogP contribution >= 0.6 is 0 Å². The lowest BCUT2D eigenvalue weighted by atomic mass is 10.1. The Morgan fingerprint density at radius 2 is 2.12 bits per heavy atom. The average molecular weight is 217 g/mol. The van der Waals surface area contributed by atoms with Crippen molar-refractivity contribution in [1.29, 1.82) is 0 Å². The molecule has 1 aromatic carbocycles. The quantitative estimate of drug-likeness (QED) is 0.835. The first-order valence-corrected chi connectivity index (χ1v) is 5.86. The van der Waals surface area contributed by atoms with Crippen LogP contribution in [0.5, 0.6) is 0 Å². The summed E-state index contributed by atoms with van der Waals surface area (Å²) in [5.41, 5.74) is 2.50. The van der Waals surface area contributed by atoms with Gasteiger partial charge in [0, 0.05) is 19.7 Å². The van der Waals surface area contributed by atoms with Crippen LogP contribution in [0.4, 0.5) is 0 Å². The highest BCUT2D eigenvalue weighted by Gasteiger charge is 2.21. The molecule has 16 heavy (non-hydrogen) atoms. The number of aliphatic hydroxyl groups excluding tert-OH is 1. The van der Waals surface area contributed by atoms with Crippen molar-refractivity contribution in [3.05, 3.63) is 42.0 Å². The highest BCUT2D eigenvalue weighted by molar-refractivity contribution is 5.47. The van der Waals surface area contributed by atoms with Crippen molar-refractivity contribution in [3.63, 3.8) is 0 Å². The van der Waals surface area contributed by atoms with Crippen LogP contribution in [0.2, 0.25) is 0 Å². The molecule has 1 heterocycles. The fourth-order valence-electron chi connectivity index (χ4n) is 2.22. The average Bonchev–Trinajstić information content (AvgIpc) is 2.78. The van der Waals surface area contributed by atoms with E-state index in [0.29, 0.717) is 12.5 Å². The topological polar surface area (TPSA) is 23.5 Å². The lowest BCUT2D eigenvalue weighted by molar-refractivity contribution is 0.220. The van der Waals surface area contributed by atoms with Gasteiger partial charge in [0.1, 0.15) is 0 Å². The predicted molar refractivity (Wildman–Crippen MR) is 67.0 cm³/mol. The molecule has 86 valence electrons. The minimum atomic E-state index is 0.325. The first-order chi connectivity index (χ1) is 7.81. The van der Waals surface area contributed by atoms with E-state index in [2.05, 4.69) is 35.7 Å². The lowest BCUT2D eigenvalue weighted by Crippen LogP contribution is -2.20. The van der Waals surface area contributed by atoms with E-state index in [-0.39, 0.29) is 0 Å². The fourth-order valence-corrected chi connectivity index (χ4v) is 2.22. The van der Waals surface area contributed by atoms with Gasteiger partial charge in [-0.25, -0.2) is 0 Å². The molecule has 0 radical (unpaired) electrons. The third-order valence-electron chi connectivity index (χ3n) is 3.25. The smallest absolute Gasteiger partial charge is 0.0471 e. The van der Waals surface area contributed by atoms with Crippen LogP contribution in [-0.4, -0.2) is 29.7 Å². The van der Waals surface area contributed by atoms with Gasteiger partial charge >= 0.3 is 0 Å². The Hall–Kier alpha value is -1.12. The van der Waals surface area contributed by atoms with Crippen LogP contribution in [0.15, 0.2) is 30.8 Å². The second-order valence-electron chi connectivity index (χ2n) is 4.52. The number of likely N-dealkylation sites (tertiary alicyclic amines) is 1. The second kappa shape index (κ2) is 5.28. The molecule has 0 bridgehead atoms. The molecule has 1 aromatic rings. The van der Waals surface area contributed by atoms with E-state index in [1.54, 1.807) is 0 Å². The third kappa shape index (κ3) is 2.71. The van der Waals surface area contributed by atoms with Crippen LogP contribution in [0.25, 0.3) is 6.08 Å². The summed E-state index contributed by atoms with van der Waals surface area (Å²) in [5, 5.41) is 9.08. The van der Waals surface area contributed by atoms with Gasteiger partial charge in [0.25, 0.3) is 0 Å². The number of hydrogen-bond acceptors (Lipinski definition) is 2. The van der Waals surface area contributed by atoms with Crippen molar-refractivity contribution in [1.82, 2.24) is 4.90 Å². The van der Waals surface area contributed by atoms with Crippen molar-refractivity contribution in [2.75, 3.05) is 19.7 Å². The molecule has 0 amide bonds. The standard InChI is InChI=1S/C14H19NO/c1-2-12-3-5-13(6-4-12)9-15-8-7-14(10-15)11-16/h2-6,14,16H,1,7-11H2/t14-/m0/s1. The highest BCUT2D eigenvalue weighted by Crippen LogP contribution is 2.18. The molecule has 0 unspecified atom stereocenters. The Morgan fingerprint density at radius 3 is 2.69 bits per heavy atom. The van der Waals surface area contributed by atoms with Gasteiger partial charge in [-0.15, -0.1) is 0 Å². The van der Waals surface area contributed by atoms with Crippen molar-refractivity contribution in [2.24, 2.45) is 5.92 Å². The molecule has 1 atom stereocenters. The maximum atomic E-state index is 9.08. The largest absolute Gasteiger partial charge is 0.396 e. The molecule has 0 spiro atoms. The van der Waals surface area contributed by atoms with Crippen molar-refractivity contribution < 1.29 is 5.11 Å². The number of hydrogen-bond donors (Lipinski definition) is 1. The molecule has 2 nitrogen and oxygen atoms in total. The number of nitrogens with zero attached hydrogens (tertiary/aromatic N) is 1. The summed E-state index contributed by atoms with van der Waals surface area (Å²) in [5.74, 6) is 0.479. The summed E-state index contributed by atoms with van der Waals surface area (Å²) in [6.45, 7) is 7.20. The first kappa shape index (κ1) is 11.4. The highest BCUT2D eigenvalue weighted by atomic mass is 16.3. The molecule has 0 aromatic heterocycles. The molecule has 2 rings (SSSR count).